The van der Waals surface area contributed by atoms with Crippen LogP contribution < -0.4 is 5.32 Å². The lowest BCUT2D eigenvalue weighted by atomic mass is 9.63. The lowest BCUT2D eigenvalue weighted by molar-refractivity contribution is -0.278. The standard InChI is InChI=1S/C19H26F5NO2/c1-4-13-6-5-9-17(3)14(7-8-15(13)17)12(2)27-10-16(26)25-11-18(20,21)19(22,23)24/h4,7,12,15H,5-6,8-11H2,1-3H3,(H,25,26)/b13-4+/t12-,15-,17+/m0/s1. The largest absolute Gasteiger partial charge is 0.455 e. The molecule has 0 aromatic carbocycles. The molecule has 3 atom stereocenters. The molecule has 1 fully saturated rings. The van der Waals surface area contributed by atoms with Gasteiger partial charge in [0.25, 0.3) is 0 Å². The van der Waals surface area contributed by atoms with Crippen molar-refractivity contribution in [1.82, 2.24) is 5.32 Å². The minimum atomic E-state index is -5.70. The van der Waals surface area contributed by atoms with Gasteiger partial charge in [0.05, 0.1) is 12.6 Å². The summed E-state index contributed by atoms with van der Waals surface area (Å²) < 4.78 is 67.5. The van der Waals surface area contributed by atoms with Crippen molar-refractivity contribution in [1.29, 1.82) is 0 Å². The highest BCUT2D eigenvalue weighted by molar-refractivity contribution is 5.77. The number of halogens is 5. The highest BCUT2D eigenvalue weighted by Crippen LogP contribution is 2.55. The Morgan fingerprint density at radius 2 is 2.07 bits per heavy atom. The van der Waals surface area contributed by atoms with Crippen LogP contribution in [0.4, 0.5) is 22.0 Å². The lowest BCUT2D eigenvalue weighted by Crippen LogP contribution is -2.47. The number of amides is 1. The fourth-order valence-electron chi connectivity index (χ4n) is 4.28. The maximum Gasteiger partial charge on any atom is 0.455 e. The smallest absolute Gasteiger partial charge is 0.364 e. The second kappa shape index (κ2) is 7.89. The molecule has 2 rings (SSSR count). The van der Waals surface area contributed by atoms with Crippen LogP contribution in [0.25, 0.3) is 0 Å². The number of ether oxygens (including phenoxy) is 1. The van der Waals surface area contributed by atoms with Crippen molar-refractivity contribution >= 4 is 5.91 Å². The molecule has 1 saturated carbocycles. The van der Waals surface area contributed by atoms with Gasteiger partial charge in [-0.25, -0.2) is 0 Å². The normalized spacial score (nSPS) is 28.7. The van der Waals surface area contributed by atoms with Crippen molar-refractivity contribution in [3.63, 3.8) is 0 Å². The van der Waals surface area contributed by atoms with Gasteiger partial charge in [-0.2, -0.15) is 22.0 Å². The Balaban J connectivity index is 1.89. The molecular formula is C19H26F5NO2. The minimum absolute atomic E-state index is 0.0701. The number of fused-ring (bicyclic) bond motifs is 1. The van der Waals surface area contributed by atoms with Gasteiger partial charge in [0, 0.05) is 0 Å². The van der Waals surface area contributed by atoms with Gasteiger partial charge in [-0.3, -0.25) is 4.79 Å². The molecule has 154 valence electrons. The van der Waals surface area contributed by atoms with Crippen LogP contribution in [0.1, 0.15) is 46.5 Å². The monoisotopic (exact) mass is 395 g/mol. The highest BCUT2D eigenvalue weighted by Gasteiger charge is 2.57. The Morgan fingerprint density at radius 3 is 2.67 bits per heavy atom. The number of hydrogen-bond acceptors (Lipinski definition) is 2. The molecule has 0 bridgehead atoms. The van der Waals surface area contributed by atoms with E-state index in [1.54, 1.807) is 12.2 Å². The molecule has 0 spiro atoms. The van der Waals surface area contributed by atoms with Gasteiger partial charge >= 0.3 is 12.1 Å². The fraction of sp³-hybridized carbons (Fsp3) is 0.737. The molecule has 27 heavy (non-hydrogen) atoms. The number of rotatable bonds is 6. The van der Waals surface area contributed by atoms with E-state index in [0.29, 0.717) is 5.92 Å². The second-order valence-electron chi connectivity index (χ2n) is 7.51. The molecule has 2 aliphatic rings. The average Bonchev–Trinajstić information content (AvgIpc) is 2.93. The number of carbonyl (C=O) groups excluding carboxylic acids is 1. The van der Waals surface area contributed by atoms with Gasteiger partial charge in [-0.15, -0.1) is 0 Å². The Hall–Kier alpha value is -1.44. The van der Waals surface area contributed by atoms with Crippen LogP contribution in [-0.4, -0.2) is 37.3 Å². The predicted octanol–water partition coefficient (Wildman–Crippen LogP) is 4.79. The van der Waals surface area contributed by atoms with E-state index in [1.165, 1.54) is 5.57 Å². The summed E-state index contributed by atoms with van der Waals surface area (Å²) in [7, 11) is 0. The van der Waals surface area contributed by atoms with E-state index in [-0.39, 0.29) is 5.41 Å². The number of hydrogen-bond donors (Lipinski definition) is 1. The number of nitrogens with one attached hydrogen (secondary N) is 1. The Labute approximate surface area is 156 Å². The molecule has 0 aromatic rings. The van der Waals surface area contributed by atoms with Crippen molar-refractivity contribution in [3.05, 3.63) is 23.3 Å². The third kappa shape index (κ3) is 4.52. The third-order valence-corrected chi connectivity index (χ3v) is 5.81. The van der Waals surface area contributed by atoms with Crippen LogP contribution in [0.2, 0.25) is 0 Å². The molecule has 0 aliphatic heterocycles. The molecule has 0 heterocycles. The quantitative estimate of drug-likeness (QED) is 0.519. The van der Waals surface area contributed by atoms with Crippen LogP contribution in [0.5, 0.6) is 0 Å². The SMILES string of the molecule is C/C=C1\CCC[C@]2(C)C([C@H](C)OCC(=O)NCC(F)(F)C(F)(F)F)=CC[C@@H]12. The first-order valence-corrected chi connectivity index (χ1v) is 9.11. The van der Waals surface area contributed by atoms with Crippen LogP contribution in [-0.2, 0) is 9.53 Å². The molecule has 8 heteroatoms. The number of allylic oxidation sites excluding steroid dienone is 3. The first kappa shape index (κ1) is 21.9. The topological polar surface area (TPSA) is 38.3 Å². The molecular weight excluding hydrogens is 369 g/mol. The molecule has 3 nitrogen and oxygen atoms in total. The second-order valence-corrected chi connectivity index (χ2v) is 7.51. The summed E-state index contributed by atoms with van der Waals surface area (Å²) in [6, 6.07) is 0. The maximum absolute atomic E-state index is 12.8. The maximum atomic E-state index is 12.8. The van der Waals surface area contributed by atoms with Gasteiger partial charge in [-0.05, 0) is 56.4 Å². The summed E-state index contributed by atoms with van der Waals surface area (Å²) in [5, 5.41) is 1.59. The Bertz CT molecular complexity index is 626. The van der Waals surface area contributed by atoms with E-state index in [4.69, 9.17) is 4.74 Å². The first-order chi connectivity index (χ1) is 12.4. The van der Waals surface area contributed by atoms with Crippen LogP contribution in [0.15, 0.2) is 23.3 Å². The molecule has 0 radical (unpaired) electrons. The molecule has 0 aromatic heterocycles. The fourth-order valence-corrected chi connectivity index (χ4v) is 4.28. The van der Waals surface area contributed by atoms with Gasteiger partial charge in [0.2, 0.25) is 5.91 Å². The molecule has 1 N–H and O–H groups in total. The van der Waals surface area contributed by atoms with Crippen LogP contribution >= 0.6 is 0 Å². The van der Waals surface area contributed by atoms with Crippen molar-refractivity contribution < 1.29 is 31.5 Å². The van der Waals surface area contributed by atoms with E-state index in [0.717, 1.165) is 31.3 Å². The average molecular weight is 395 g/mol. The van der Waals surface area contributed by atoms with E-state index in [9.17, 15) is 26.7 Å². The summed E-state index contributed by atoms with van der Waals surface area (Å²) in [6.45, 7) is 3.62. The van der Waals surface area contributed by atoms with Crippen LogP contribution in [0.3, 0.4) is 0 Å². The van der Waals surface area contributed by atoms with Crippen molar-refractivity contribution in [3.8, 4) is 0 Å². The summed E-state index contributed by atoms with van der Waals surface area (Å²) in [6.07, 6.45) is 2.18. The van der Waals surface area contributed by atoms with Crippen molar-refractivity contribution in [2.45, 2.75) is 64.7 Å². The van der Waals surface area contributed by atoms with Gasteiger partial charge in [-0.1, -0.05) is 24.6 Å². The van der Waals surface area contributed by atoms with Gasteiger partial charge < -0.3 is 10.1 Å². The first-order valence-electron chi connectivity index (χ1n) is 9.11. The number of alkyl halides is 5. The third-order valence-electron chi connectivity index (χ3n) is 5.81. The summed E-state index contributed by atoms with van der Waals surface area (Å²) in [4.78, 5) is 11.6. The zero-order valence-electron chi connectivity index (χ0n) is 15.8. The van der Waals surface area contributed by atoms with Crippen molar-refractivity contribution in [2.75, 3.05) is 13.2 Å². The summed E-state index contributed by atoms with van der Waals surface area (Å²) >= 11 is 0. The lowest BCUT2D eigenvalue weighted by Gasteiger charge is -2.42. The van der Waals surface area contributed by atoms with Crippen molar-refractivity contribution in [2.24, 2.45) is 11.3 Å². The predicted molar refractivity (Wildman–Crippen MR) is 91.3 cm³/mol. The number of carbonyl (C=O) groups is 1. The van der Waals surface area contributed by atoms with Gasteiger partial charge in [0.15, 0.2) is 0 Å². The molecule has 1 amide bonds. The molecule has 2 aliphatic carbocycles. The Kier molecular flexibility index (Phi) is 6.39. The van der Waals surface area contributed by atoms with Crippen LogP contribution in [0, 0.1) is 11.3 Å². The van der Waals surface area contributed by atoms with Gasteiger partial charge in [0.1, 0.15) is 6.61 Å². The zero-order chi connectivity index (χ0) is 20.5. The minimum Gasteiger partial charge on any atom is -0.364 e. The molecule has 0 unspecified atom stereocenters. The Morgan fingerprint density at radius 1 is 1.41 bits per heavy atom. The zero-order valence-corrected chi connectivity index (χ0v) is 15.8. The molecule has 0 saturated heterocycles. The highest BCUT2D eigenvalue weighted by atomic mass is 19.4. The van der Waals surface area contributed by atoms with E-state index >= 15 is 0 Å². The summed E-state index contributed by atoms with van der Waals surface area (Å²) in [5.74, 6) is -5.56. The van der Waals surface area contributed by atoms with E-state index in [2.05, 4.69) is 19.1 Å². The van der Waals surface area contributed by atoms with E-state index in [1.807, 2.05) is 6.92 Å². The van der Waals surface area contributed by atoms with E-state index < -0.39 is 37.3 Å². The summed E-state index contributed by atoms with van der Waals surface area (Å²) in [5.41, 5.74) is 2.41.